The molecule has 6 nitrogen and oxygen atoms in total. The van der Waals surface area contributed by atoms with E-state index in [1.165, 1.54) is 17.5 Å². The fourth-order valence-corrected chi connectivity index (χ4v) is 4.82. The lowest BCUT2D eigenvalue weighted by atomic mass is 10.0. The van der Waals surface area contributed by atoms with Crippen molar-refractivity contribution in [3.05, 3.63) is 22.7 Å². The molecule has 2 rings (SSSR count). The van der Waals surface area contributed by atoms with Crippen LogP contribution in [0.25, 0.3) is 0 Å². The highest BCUT2D eigenvalue weighted by Crippen LogP contribution is 2.32. The van der Waals surface area contributed by atoms with Crippen LogP contribution in [0.4, 0.5) is 0 Å². The molecule has 0 spiro atoms. The van der Waals surface area contributed by atoms with Gasteiger partial charge in [0.05, 0.1) is 7.11 Å². The van der Waals surface area contributed by atoms with E-state index in [1.54, 1.807) is 12.1 Å². The van der Waals surface area contributed by atoms with Crippen LogP contribution in [0.3, 0.4) is 0 Å². The number of sulfonamides is 1. The summed E-state index contributed by atoms with van der Waals surface area (Å²) >= 11 is 3.26. The van der Waals surface area contributed by atoms with Crippen molar-refractivity contribution in [3.8, 4) is 5.75 Å². The van der Waals surface area contributed by atoms with Crippen molar-refractivity contribution in [3.63, 3.8) is 0 Å². The number of benzene rings is 1. The number of nitrogens with two attached hydrogens (primary N) is 1. The first-order valence-corrected chi connectivity index (χ1v) is 8.76. The van der Waals surface area contributed by atoms with Crippen LogP contribution in [-0.2, 0) is 14.8 Å². The van der Waals surface area contributed by atoms with Gasteiger partial charge in [0.15, 0.2) is 0 Å². The van der Waals surface area contributed by atoms with E-state index in [0.29, 0.717) is 17.3 Å². The molecule has 1 fully saturated rings. The standard InChI is InChI=1S/C13H17BrN2O4S/c1-20-11-6-5-9(14)8-12(11)21(18,19)16-7-3-2-4-10(16)13(15)17/h5-6,8,10H,2-4,7H2,1H3,(H2,15,17). The van der Waals surface area contributed by atoms with Crippen molar-refractivity contribution >= 4 is 31.9 Å². The van der Waals surface area contributed by atoms with Crippen molar-refractivity contribution in [2.75, 3.05) is 13.7 Å². The maximum atomic E-state index is 12.9. The summed E-state index contributed by atoms with van der Waals surface area (Å²) in [5.74, 6) is -0.376. The minimum absolute atomic E-state index is 0.0347. The number of hydrogen-bond acceptors (Lipinski definition) is 4. The molecule has 0 aromatic heterocycles. The molecule has 0 bridgehead atoms. The lowest BCUT2D eigenvalue weighted by molar-refractivity contribution is -0.122. The number of amides is 1. The lowest BCUT2D eigenvalue weighted by Crippen LogP contribution is -2.50. The summed E-state index contributed by atoms with van der Waals surface area (Å²) in [7, 11) is -2.44. The Labute approximate surface area is 132 Å². The number of halogens is 1. The molecule has 1 heterocycles. The first-order valence-electron chi connectivity index (χ1n) is 6.52. The Bertz CT molecular complexity index is 648. The van der Waals surface area contributed by atoms with Crippen LogP contribution in [0, 0.1) is 0 Å². The molecule has 21 heavy (non-hydrogen) atoms. The molecule has 1 amide bonds. The zero-order valence-corrected chi connectivity index (χ0v) is 14.0. The minimum atomic E-state index is -3.84. The summed E-state index contributed by atoms with van der Waals surface area (Å²) in [6.07, 6.45) is 1.94. The highest BCUT2D eigenvalue weighted by Gasteiger charge is 2.38. The molecule has 1 unspecified atom stereocenters. The average Bonchev–Trinajstić information content (AvgIpc) is 2.47. The number of hydrogen-bond donors (Lipinski definition) is 1. The van der Waals surface area contributed by atoms with Gasteiger partial charge in [-0.3, -0.25) is 4.79 Å². The summed E-state index contributed by atoms with van der Waals surface area (Å²) in [5, 5.41) is 0. The summed E-state index contributed by atoms with van der Waals surface area (Å²) in [6, 6.07) is 3.94. The van der Waals surface area contributed by atoms with Crippen molar-refractivity contribution < 1.29 is 17.9 Å². The van der Waals surface area contributed by atoms with Crippen LogP contribution < -0.4 is 10.5 Å². The Hall–Kier alpha value is -1.12. The van der Waals surface area contributed by atoms with E-state index < -0.39 is 22.0 Å². The van der Waals surface area contributed by atoms with Crippen molar-refractivity contribution in [1.82, 2.24) is 4.31 Å². The maximum absolute atomic E-state index is 12.9. The van der Waals surface area contributed by atoms with Crippen molar-refractivity contribution in [2.24, 2.45) is 5.73 Å². The number of ether oxygens (including phenoxy) is 1. The van der Waals surface area contributed by atoms with E-state index in [1.807, 2.05) is 0 Å². The number of carbonyl (C=O) groups is 1. The second-order valence-corrected chi connectivity index (χ2v) is 7.60. The van der Waals surface area contributed by atoms with Gasteiger partial charge in [-0.15, -0.1) is 0 Å². The van der Waals surface area contributed by atoms with Crippen LogP contribution in [0.5, 0.6) is 5.75 Å². The Morgan fingerprint density at radius 2 is 2.14 bits per heavy atom. The number of nitrogens with zero attached hydrogens (tertiary/aromatic N) is 1. The smallest absolute Gasteiger partial charge is 0.247 e. The molecule has 1 aromatic rings. The van der Waals surface area contributed by atoms with Crippen molar-refractivity contribution in [2.45, 2.75) is 30.2 Å². The van der Waals surface area contributed by atoms with E-state index >= 15 is 0 Å². The molecule has 1 atom stereocenters. The number of primary amides is 1. The fourth-order valence-electron chi connectivity index (χ4n) is 2.46. The molecule has 0 aliphatic carbocycles. The number of methoxy groups -OCH3 is 1. The van der Waals surface area contributed by atoms with Crippen LogP contribution in [0.15, 0.2) is 27.6 Å². The van der Waals surface area contributed by atoms with Crippen LogP contribution >= 0.6 is 15.9 Å². The molecule has 1 aliphatic heterocycles. The first kappa shape index (κ1) is 16.3. The highest BCUT2D eigenvalue weighted by atomic mass is 79.9. The van der Waals surface area contributed by atoms with E-state index in [2.05, 4.69) is 15.9 Å². The van der Waals surface area contributed by atoms with Gasteiger partial charge in [-0.05, 0) is 31.0 Å². The van der Waals surface area contributed by atoms with Gasteiger partial charge in [-0.1, -0.05) is 22.4 Å². The zero-order chi connectivity index (χ0) is 15.6. The van der Waals surface area contributed by atoms with E-state index in [9.17, 15) is 13.2 Å². The van der Waals surface area contributed by atoms with Gasteiger partial charge < -0.3 is 10.5 Å². The molecule has 8 heteroatoms. The normalized spacial score (nSPS) is 20.2. The van der Waals surface area contributed by atoms with Gasteiger partial charge in [0.2, 0.25) is 15.9 Å². The van der Waals surface area contributed by atoms with Gasteiger partial charge in [0.25, 0.3) is 0 Å². The van der Waals surface area contributed by atoms with Gasteiger partial charge in [-0.2, -0.15) is 4.31 Å². The Kier molecular flexibility index (Phi) is 4.90. The van der Waals surface area contributed by atoms with Crippen LogP contribution in [0.2, 0.25) is 0 Å². The number of piperidine rings is 1. The summed E-state index contributed by atoms with van der Waals surface area (Å²) in [5.41, 5.74) is 5.35. The molecular weight excluding hydrogens is 360 g/mol. The molecule has 2 N–H and O–H groups in total. The van der Waals surface area contributed by atoms with E-state index in [4.69, 9.17) is 10.5 Å². The lowest BCUT2D eigenvalue weighted by Gasteiger charge is -2.32. The zero-order valence-electron chi connectivity index (χ0n) is 11.6. The topological polar surface area (TPSA) is 89.7 Å². The summed E-state index contributed by atoms with van der Waals surface area (Å²) in [6.45, 7) is 0.283. The summed E-state index contributed by atoms with van der Waals surface area (Å²) < 4.78 is 32.6. The average molecular weight is 377 g/mol. The third-order valence-electron chi connectivity index (χ3n) is 3.49. The van der Waals surface area contributed by atoms with Gasteiger partial charge in [0.1, 0.15) is 16.7 Å². The predicted molar refractivity (Wildman–Crippen MR) is 81.4 cm³/mol. The predicted octanol–water partition coefficient (Wildman–Crippen LogP) is 1.49. The Balaban J connectivity index is 2.50. The van der Waals surface area contributed by atoms with E-state index in [0.717, 1.165) is 6.42 Å². The molecule has 0 saturated carbocycles. The van der Waals surface area contributed by atoms with Crippen molar-refractivity contribution in [1.29, 1.82) is 0 Å². The van der Waals surface area contributed by atoms with Crippen LogP contribution in [0.1, 0.15) is 19.3 Å². The Morgan fingerprint density at radius 3 is 2.76 bits per heavy atom. The summed E-state index contributed by atoms with van der Waals surface area (Å²) in [4.78, 5) is 11.6. The second kappa shape index (κ2) is 6.33. The molecule has 0 radical (unpaired) electrons. The quantitative estimate of drug-likeness (QED) is 0.861. The third-order valence-corrected chi connectivity index (χ3v) is 5.92. The van der Waals surface area contributed by atoms with Gasteiger partial charge in [0, 0.05) is 11.0 Å². The Morgan fingerprint density at radius 1 is 1.43 bits per heavy atom. The number of carbonyl (C=O) groups excluding carboxylic acids is 1. The monoisotopic (exact) mass is 376 g/mol. The minimum Gasteiger partial charge on any atom is -0.495 e. The molecule has 116 valence electrons. The second-order valence-electron chi connectivity index (χ2n) is 4.82. The highest BCUT2D eigenvalue weighted by molar-refractivity contribution is 9.10. The molecule has 1 aliphatic rings. The van der Waals surface area contributed by atoms with Gasteiger partial charge in [-0.25, -0.2) is 8.42 Å². The van der Waals surface area contributed by atoms with Crippen LogP contribution in [-0.4, -0.2) is 38.3 Å². The third kappa shape index (κ3) is 3.22. The number of rotatable bonds is 4. The first-order chi connectivity index (χ1) is 9.87. The molecule has 1 aromatic carbocycles. The SMILES string of the molecule is COc1ccc(Br)cc1S(=O)(=O)N1CCCCC1C(N)=O. The van der Waals surface area contributed by atoms with Gasteiger partial charge >= 0.3 is 0 Å². The largest absolute Gasteiger partial charge is 0.495 e. The fraction of sp³-hybridized carbons (Fsp3) is 0.462. The molecule has 1 saturated heterocycles. The maximum Gasteiger partial charge on any atom is 0.247 e. The molecular formula is C13H17BrN2O4S. The van der Waals surface area contributed by atoms with E-state index in [-0.39, 0.29) is 17.2 Å².